The number of hydrogen-bond acceptors (Lipinski definition) is 10. The van der Waals surface area contributed by atoms with Crippen molar-refractivity contribution >= 4 is 39.8 Å². The zero-order chi connectivity index (χ0) is 24.1. The fraction of sp³-hybridized carbons (Fsp3) is 0.478. The maximum atomic E-state index is 11.9. The van der Waals surface area contributed by atoms with Crippen LogP contribution < -0.4 is 15.1 Å². The molecule has 3 aromatic rings. The molecular weight excluding hydrogens is 454 g/mol. The van der Waals surface area contributed by atoms with Crippen LogP contribution in [0, 0.1) is 0 Å². The van der Waals surface area contributed by atoms with E-state index < -0.39 is 23.6 Å². The van der Waals surface area contributed by atoms with Crippen molar-refractivity contribution < 1.29 is 14.8 Å². The van der Waals surface area contributed by atoms with Gasteiger partial charge in [0.15, 0.2) is 11.6 Å². The van der Waals surface area contributed by atoms with Crippen LogP contribution in [0.2, 0.25) is 0 Å². The van der Waals surface area contributed by atoms with Crippen LogP contribution in [0.4, 0.5) is 17.6 Å². The first-order valence-electron chi connectivity index (χ1n) is 11.5. The number of hydrogen-bond donors (Lipinski definition) is 3. The summed E-state index contributed by atoms with van der Waals surface area (Å²) in [7, 11) is 0. The smallest absolute Gasteiger partial charge is 0.232 e. The highest BCUT2D eigenvalue weighted by Gasteiger charge is 2.28. The van der Waals surface area contributed by atoms with Crippen LogP contribution in [-0.4, -0.2) is 78.3 Å². The lowest BCUT2D eigenvalue weighted by atomic mass is 10.1. The molecule has 182 valence electrons. The minimum Gasteiger partial charge on any atom is -0.616 e. The van der Waals surface area contributed by atoms with E-state index in [1.807, 2.05) is 23.1 Å². The highest BCUT2D eigenvalue weighted by Crippen LogP contribution is 2.30. The molecule has 0 radical (unpaired) electrons. The maximum absolute atomic E-state index is 11.9. The molecule has 3 N–H and O–H groups in total. The summed E-state index contributed by atoms with van der Waals surface area (Å²) in [6, 6.07) is 10.3. The third-order valence-corrected chi connectivity index (χ3v) is 7.02. The topological polar surface area (TPSA) is 134 Å². The molecule has 2 aromatic heterocycles. The first-order valence-corrected chi connectivity index (χ1v) is 13.0. The molecule has 1 aliphatic rings. The number of nitrogens with one attached hydrogen (secondary N) is 1. The number of aliphatic hydroxyl groups is 2. The van der Waals surface area contributed by atoms with Gasteiger partial charge in [-0.2, -0.15) is 4.98 Å². The maximum Gasteiger partial charge on any atom is 0.232 e. The summed E-state index contributed by atoms with van der Waals surface area (Å²) < 4.78 is 11.9. The van der Waals surface area contributed by atoms with Crippen LogP contribution >= 0.6 is 0 Å². The molecule has 0 aliphatic carbocycles. The van der Waals surface area contributed by atoms with E-state index in [-0.39, 0.29) is 5.95 Å². The molecule has 3 heterocycles. The Labute approximate surface area is 202 Å². The number of fused-ring (bicyclic) bond motifs is 1. The molecule has 1 aliphatic heterocycles. The minimum atomic E-state index is -1.01. The van der Waals surface area contributed by atoms with Gasteiger partial charge in [-0.25, -0.2) is 15.0 Å². The van der Waals surface area contributed by atoms with E-state index in [2.05, 4.69) is 37.4 Å². The summed E-state index contributed by atoms with van der Waals surface area (Å²) in [5.41, 5.74) is 2.36. The van der Waals surface area contributed by atoms with Crippen LogP contribution in [-0.2, 0) is 17.6 Å². The lowest BCUT2D eigenvalue weighted by molar-refractivity contribution is 0.103. The van der Waals surface area contributed by atoms with E-state index in [1.54, 1.807) is 13.8 Å². The van der Waals surface area contributed by atoms with Crippen molar-refractivity contribution in [1.82, 2.24) is 19.9 Å². The monoisotopic (exact) mass is 485 g/mol. The van der Waals surface area contributed by atoms with Crippen molar-refractivity contribution in [3.8, 4) is 0 Å². The van der Waals surface area contributed by atoms with Crippen molar-refractivity contribution in [2.45, 2.75) is 39.1 Å². The molecule has 34 heavy (non-hydrogen) atoms. The van der Waals surface area contributed by atoms with Crippen molar-refractivity contribution in [2.75, 3.05) is 46.3 Å². The fourth-order valence-corrected chi connectivity index (χ4v) is 5.08. The van der Waals surface area contributed by atoms with E-state index in [9.17, 15) is 14.8 Å². The molecule has 10 nitrogen and oxygen atoms in total. The predicted octanol–water partition coefficient (Wildman–Crippen LogP) is 1.52. The first-order chi connectivity index (χ1) is 16.4. The van der Waals surface area contributed by atoms with E-state index in [1.165, 1.54) is 16.8 Å². The second-order valence-corrected chi connectivity index (χ2v) is 9.98. The van der Waals surface area contributed by atoms with Gasteiger partial charge in [-0.05, 0) is 32.3 Å². The Hall–Kier alpha value is -2.73. The number of anilines is 3. The zero-order valence-electron chi connectivity index (χ0n) is 19.5. The number of rotatable bonds is 9. The second kappa shape index (κ2) is 11.1. The SMILES string of the molecule is CC(O)N(c1nc(N2CC[S+]([O-])CC2)c2ncnc(NCCCc3ccccc3)c2n1)C(C)O. The van der Waals surface area contributed by atoms with Gasteiger partial charge >= 0.3 is 0 Å². The molecule has 2 atom stereocenters. The lowest BCUT2D eigenvalue weighted by Gasteiger charge is -2.32. The number of aryl methyl sites for hydroxylation is 1. The Morgan fingerprint density at radius 2 is 1.76 bits per heavy atom. The molecule has 1 fully saturated rings. The summed E-state index contributed by atoms with van der Waals surface area (Å²) in [6.45, 7) is 4.94. The van der Waals surface area contributed by atoms with E-state index >= 15 is 0 Å². The Morgan fingerprint density at radius 3 is 2.44 bits per heavy atom. The van der Waals surface area contributed by atoms with E-state index in [4.69, 9.17) is 0 Å². The largest absolute Gasteiger partial charge is 0.616 e. The molecule has 1 saturated heterocycles. The summed E-state index contributed by atoms with van der Waals surface area (Å²) >= 11 is -0.844. The van der Waals surface area contributed by atoms with Crippen molar-refractivity contribution in [3.05, 3.63) is 42.2 Å². The molecule has 0 bridgehead atoms. The highest BCUT2D eigenvalue weighted by atomic mass is 32.2. The Kier molecular flexibility index (Phi) is 7.99. The lowest BCUT2D eigenvalue weighted by Crippen LogP contribution is -2.43. The average molecular weight is 486 g/mol. The summed E-state index contributed by atoms with van der Waals surface area (Å²) in [5, 5.41) is 23.9. The van der Waals surface area contributed by atoms with Crippen molar-refractivity contribution in [3.63, 3.8) is 0 Å². The zero-order valence-corrected chi connectivity index (χ0v) is 20.3. The third-order valence-electron chi connectivity index (χ3n) is 5.74. The molecule has 11 heteroatoms. The van der Waals surface area contributed by atoms with Gasteiger partial charge in [0.25, 0.3) is 0 Å². The van der Waals surface area contributed by atoms with E-state index in [0.717, 1.165) is 12.8 Å². The van der Waals surface area contributed by atoms with Gasteiger partial charge in [-0.1, -0.05) is 41.5 Å². The predicted molar refractivity (Wildman–Crippen MR) is 134 cm³/mol. The molecular formula is C23H31N7O3S. The standard InChI is InChI=1S/C23H31N7O3S/c1-16(31)30(17(2)32)23-27-19-20(22(28-23)29-11-13-34(33)14-12-29)25-15-26-21(19)24-10-6-9-18-7-4-3-5-8-18/h3-5,7-8,15-17,31-32H,6,9-14H2,1-2H3,(H,24,25,26). The van der Waals surface area contributed by atoms with Gasteiger partial charge < -0.3 is 25.0 Å². The van der Waals surface area contributed by atoms with Gasteiger partial charge in [-0.15, -0.1) is 0 Å². The Morgan fingerprint density at radius 1 is 1.06 bits per heavy atom. The number of nitrogens with zero attached hydrogens (tertiary/aromatic N) is 6. The van der Waals surface area contributed by atoms with Gasteiger partial charge in [-0.3, -0.25) is 4.90 Å². The van der Waals surface area contributed by atoms with E-state index in [0.29, 0.717) is 53.8 Å². The van der Waals surface area contributed by atoms with Crippen LogP contribution in [0.5, 0.6) is 0 Å². The molecule has 0 saturated carbocycles. The first kappa shape index (κ1) is 24.4. The van der Waals surface area contributed by atoms with Crippen LogP contribution in [0.1, 0.15) is 25.8 Å². The van der Waals surface area contributed by atoms with Crippen LogP contribution in [0.3, 0.4) is 0 Å². The Balaban J connectivity index is 1.66. The van der Waals surface area contributed by atoms with Gasteiger partial charge in [0.2, 0.25) is 5.95 Å². The normalized spacial score (nSPS) is 16.4. The average Bonchev–Trinajstić information content (AvgIpc) is 2.82. The molecule has 2 unspecified atom stereocenters. The quantitative estimate of drug-likeness (QED) is 0.233. The Bertz CT molecular complexity index is 1070. The highest BCUT2D eigenvalue weighted by molar-refractivity contribution is 7.91. The number of aliphatic hydroxyl groups excluding tert-OH is 2. The molecule has 4 rings (SSSR count). The van der Waals surface area contributed by atoms with Crippen molar-refractivity contribution in [1.29, 1.82) is 0 Å². The fourth-order valence-electron chi connectivity index (χ4n) is 4.03. The molecule has 0 spiro atoms. The summed E-state index contributed by atoms with van der Waals surface area (Å²) in [6.07, 6.45) is 1.31. The van der Waals surface area contributed by atoms with Crippen LogP contribution in [0.25, 0.3) is 11.0 Å². The summed E-state index contributed by atoms with van der Waals surface area (Å²) in [4.78, 5) is 21.6. The summed E-state index contributed by atoms with van der Waals surface area (Å²) in [5.74, 6) is 2.43. The van der Waals surface area contributed by atoms with Gasteiger partial charge in [0.1, 0.15) is 41.3 Å². The second-order valence-electron chi connectivity index (χ2n) is 8.29. The van der Waals surface area contributed by atoms with Crippen molar-refractivity contribution in [2.24, 2.45) is 0 Å². The third kappa shape index (κ3) is 5.66. The minimum absolute atomic E-state index is 0.182. The molecule has 1 aromatic carbocycles. The number of aromatic nitrogens is 4. The molecule has 0 amide bonds. The number of benzene rings is 1. The van der Waals surface area contributed by atoms with Gasteiger partial charge in [0.05, 0.1) is 13.1 Å². The van der Waals surface area contributed by atoms with Crippen LogP contribution in [0.15, 0.2) is 36.7 Å². The van der Waals surface area contributed by atoms with Gasteiger partial charge in [0, 0.05) is 6.54 Å².